The number of nitrogens with one attached hydrogen (secondary N) is 2. The maximum Gasteiger partial charge on any atom is 0.239 e. The topological polar surface area (TPSA) is 75.1 Å². The smallest absolute Gasteiger partial charge is 0.239 e. The van der Waals surface area contributed by atoms with Crippen LogP contribution in [0.3, 0.4) is 0 Å². The summed E-state index contributed by atoms with van der Waals surface area (Å²) in [5, 5.41) is 5.96. The summed E-state index contributed by atoms with van der Waals surface area (Å²) >= 11 is 0. The molecule has 0 atom stereocenters. The van der Waals surface area contributed by atoms with E-state index in [0.29, 0.717) is 33.9 Å². The van der Waals surface area contributed by atoms with Crippen LogP contribution in [0, 0.1) is 11.6 Å². The van der Waals surface area contributed by atoms with Crippen LogP contribution < -0.4 is 10.7 Å². The third kappa shape index (κ3) is 3.95. The molecule has 1 aliphatic rings. The molecule has 7 nitrogen and oxygen atoms in total. The Labute approximate surface area is 182 Å². The van der Waals surface area contributed by atoms with Crippen molar-refractivity contribution in [1.82, 2.24) is 24.9 Å². The van der Waals surface area contributed by atoms with E-state index >= 15 is 0 Å². The molecule has 1 fully saturated rings. The van der Waals surface area contributed by atoms with Gasteiger partial charge in [0.05, 0.1) is 5.69 Å². The van der Waals surface area contributed by atoms with Gasteiger partial charge in [-0.3, -0.25) is 14.8 Å². The van der Waals surface area contributed by atoms with Gasteiger partial charge in [-0.05, 0) is 54.6 Å². The van der Waals surface area contributed by atoms with E-state index in [4.69, 9.17) is 0 Å². The van der Waals surface area contributed by atoms with Gasteiger partial charge in [0.25, 0.3) is 0 Å². The number of carbonyl (C=O) groups excluding carboxylic acids is 1. The molecule has 0 spiro atoms. The van der Waals surface area contributed by atoms with Crippen LogP contribution in [0.25, 0.3) is 16.7 Å². The Bertz CT molecular complexity index is 1260. The molecule has 2 aromatic carbocycles. The van der Waals surface area contributed by atoms with Crippen molar-refractivity contribution in [3.8, 4) is 5.69 Å². The number of hydrazine groups is 1. The first kappa shape index (κ1) is 20.2. The fourth-order valence-corrected chi connectivity index (χ4v) is 3.73. The van der Waals surface area contributed by atoms with Crippen LogP contribution in [-0.2, 0) is 0 Å². The van der Waals surface area contributed by atoms with Crippen LogP contribution >= 0.6 is 0 Å². The molecule has 0 aliphatic carbocycles. The normalized spacial score (nSPS) is 14.6. The molecule has 1 aliphatic heterocycles. The molecular weight excluding hydrogens is 414 g/mol. The molecule has 3 heterocycles. The number of fused-ring (bicyclic) bond motifs is 1. The van der Waals surface area contributed by atoms with E-state index < -0.39 is 5.82 Å². The molecule has 1 saturated heterocycles. The molecular formula is C23H20F2N6O. The number of hydrogen-bond donors (Lipinski definition) is 2. The molecule has 2 N–H and O–H groups in total. The quantitative estimate of drug-likeness (QED) is 0.470. The average molecular weight is 434 g/mol. The maximum absolute atomic E-state index is 13.6. The Morgan fingerprint density at radius 3 is 2.31 bits per heavy atom. The lowest BCUT2D eigenvalue weighted by Crippen LogP contribution is -2.46. The van der Waals surface area contributed by atoms with E-state index in [-0.39, 0.29) is 11.6 Å². The zero-order valence-electron chi connectivity index (χ0n) is 17.1. The second-order valence-corrected chi connectivity index (χ2v) is 7.50. The minimum atomic E-state index is -0.421. The first-order valence-corrected chi connectivity index (χ1v) is 10.3. The van der Waals surface area contributed by atoms with Crippen molar-refractivity contribution in [3.05, 3.63) is 83.7 Å². The van der Waals surface area contributed by atoms with Crippen LogP contribution in [0.1, 0.15) is 16.1 Å². The van der Waals surface area contributed by atoms with Crippen LogP contribution in [0.2, 0.25) is 0 Å². The Morgan fingerprint density at radius 2 is 1.62 bits per heavy atom. The van der Waals surface area contributed by atoms with Gasteiger partial charge >= 0.3 is 0 Å². The molecule has 9 heteroatoms. The zero-order chi connectivity index (χ0) is 22.1. The minimum absolute atomic E-state index is 0.302. The van der Waals surface area contributed by atoms with E-state index in [2.05, 4.69) is 20.7 Å². The highest BCUT2D eigenvalue weighted by atomic mass is 19.1. The molecule has 0 saturated carbocycles. The van der Waals surface area contributed by atoms with E-state index in [0.717, 1.165) is 26.2 Å². The summed E-state index contributed by atoms with van der Waals surface area (Å²) in [6, 6.07) is 12.9. The third-order valence-corrected chi connectivity index (χ3v) is 5.34. The van der Waals surface area contributed by atoms with Gasteiger partial charge in [-0.1, -0.05) is 0 Å². The lowest BCUT2D eigenvalue weighted by molar-refractivity contribution is 0.103. The molecule has 0 unspecified atom stereocenters. The van der Waals surface area contributed by atoms with Crippen LogP contribution in [-0.4, -0.2) is 51.5 Å². The summed E-state index contributed by atoms with van der Waals surface area (Å²) < 4.78 is 28.6. The van der Waals surface area contributed by atoms with E-state index in [9.17, 15) is 13.6 Å². The van der Waals surface area contributed by atoms with E-state index in [1.54, 1.807) is 29.0 Å². The van der Waals surface area contributed by atoms with Gasteiger partial charge < -0.3 is 5.32 Å². The van der Waals surface area contributed by atoms with Crippen molar-refractivity contribution in [2.75, 3.05) is 31.6 Å². The van der Waals surface area contributed by atoms with Gasteiger partial charge in [0, 0.05) is 49.0 Å². The van der Waals surface area contributed by atoms with Gasteiger partial charge in [-0.2, -0.15) is 4.98 Å². The van der Waals surface area contributed by atoms with Gasteiger partial charge in [0.2, 0.25) is 11.7 Å². The molecule has 32 heavy (non-hydrogen) atoms. The second kappa shape index (κ2) is 8.45. The SMILES string of the molecule is O=C(c1ccc(F)cc1)c1cc2cnc(NN3CCNCC3)nc2n1-c1ccc(F)cc1. The number of piperazine rings is 1. The first-order chi connectivity index (χ1) is 15.6. The Kier molecular flexibility index (Phi) is 5.34. The van der Waals surface area contributed by atoms with Crippen molar-refractivity contribution in [3.63, 3.8) is 0 Å². The molecule has 2 aromatic heterocycles. The number of halogens is 2. The highest BCUT2D eigenvalue weighted by Crippen LogP contribution is 2.26. The van der Waals surface area contributed by atoms with Crippen LogP contribution in [0.4, 0.5) is 14.7 Å². The lowest BCUT2D eigenvalue weighted by atomic mass is 10.1. The number of ketones is 1. The van der Waals surface area contributed by atoms with Gasteiger partial charge in [-0.25, -0.2) is 18.8 Å². The summed E-state index contributed by atoms with van der Waals surface area (Å²) in [7, 11) is 0. The van der Waals surface area contributed by atoms with E-state index in [1.807, 2.05) is 5.01 Å². The molecule has 162 valence electrons. The summed E-state index contributed by atoms with van der Waals surface area (Å²) in [4.78, 5) is 22.3. The highest BCUT2D eigenvalue weighted by molar-refractivity contribution is 6.10. The second-order valence-electron chi connectivity index (χ2n) is 7.50. The fraction of sp³-hybridized carbons (Fsp3) is 0.174. The average Bonchev–Trinajstić information content (AvgIpc) is 3.19. The number of carbonyl (C=O) groups is 1. The highest BCUT2D eigenvalue weighted by Gasteiger charge is 2.21. The number of aromatic nitrogens is 3. The summed E-state index contributed by atoms with van der Waals surface area (Å²) in [6.45, 7) is 3.32. The molecule has 5 rings (SSSR count). The van der Waals surface area contributed by atoms with Crippen molar-refractivity contribution < 1.29 is 13.6 Å². The Morgan fingerprint density at radius 1 is 0.969 bits per heavy atom. The lowest BCUT2D eigenvalue weighted by Gasteiger charge is -2.27. The van der Waals surface area contributed by atoms with Gasteiger partial charge in [0.1, 0.15) is 11.6 Å². The third-order valence-electron chi connectivity index (χ3n) is 5.34. The van der Waals surface area contributed by atoms with Gasteiger partial charge in [-0.15, -0.1) is 0 Å². The van der Waals surface area contributed by atoms with Crippen molar-refractivity contribution in [2.45, 2.75) is 0 Å². The maximum atomic E-state index is 13.6. The zero-order valence-corrected chi connectivity index (χ0v) is 17.1. The number of rotatable bonds is 5. The van der Waals surface area contributed by atoms with Crippen molar-refractivity contribution in [1.29, 1.82) is 0 Å². The van der Waals surface area contributed by atoms with Crippen LogP contribution in [0.5, 0.6) is 0 Å². The Balaban J connectivity index is 1.62. The summed E-state index contributed by atoms with van der Waals surface area (Å²) in [5.41, 5.74) is 4.96. The number of nitrogens with zero attached hydrogens (tertiary/aromatic N) is 4. The molecule has 4 aromatic rings. The first-order valence-electron chi connectivity index (χ1n) is 10.3. The standard InChI is InChI=1S/C23H20F2N6O/c24-17-3-1-15(2-4-17)21(32)20-13-16-14-27-23(29-30-11-9-26-10-12-30)28-22(16)31(20)19-7-5-18(25)6-8-19/h1-8,13-14,26H,9-12H2,(H,27,28,29). The Hall–Kier alpha value is -3.69. The minimum Gasteiger partial charge on any atom is -0.314 e. The van der Waals surface area contributed by atoms with Crippen molar-refractivity contribution in [2.24, 2.45) is 0 Å². The predicted molar refractivity (Wildman–Crippen MR) is 117 cm³/mol. The summed E-state index contributed by atoms with van der Waals surface area (Å²) in [5.74, 6) is -0.701. The number of anilines is 1. The monoisotopic (exact) mass is 434 g/mol. The van der Waals surface area contributed by atoms with E-state index in [1.165, 1.54) is 36.4 Å². The fourth-order valence-electron chi connectivity index (χ4n) is 3.73. The van der Waals surface area contributed by atoms with Gasteiger partial charge in [0.15, 0.2) is 5.65 Å². The number of benzene rings is 2. The number of hydrogen-bond acceptors (Lipinski definition) is 6. The van der Waals surface area contributed by atoms with Crippen molar-refractivity contribution >= 4 is 22.8 Å². The molecule has 0 amide bonds. The molecule has 0 radical (unpaired) electrons. The predicted octanol–water partition coefficient (Wildman–Crippen LogP) is 3.16. The summed E-state index contributed by atoms with van der Waals surface area (Å²) in [6.07, 6.45) is 1.65. The van der Waals surface area contributed by atoms with Crippen LogP contribution in [0.15, 0.2) is 60.8 Å². The largest absolute Gasteiger partial charge is 0.314 e. The molecule has 0 bridgehead atoms.